The molecule has 21 heavy (non-hydrogen) atoms. The number of nitrogens with zero attached hydrogens (tertiary/aromatic N) is 1. The molecule has 3 rings (SSSR count). The van der Waals surface area contributed by atoms with Gasteiger partial charge in [-0.05, 0) is 55.3 Å². The van der Waals surface area contributed by atoms with Gasteiger partial charge in [0.15, 0.2) is 0 Å². The van der Waals surface area contributed by atoms with Gasteiger partial charge in [-0.15, -0.1) is 11.3 Å². The van der Waals surface area contributed by atoms with Crippen molar-refractivity contribution in [1.82, 2.24) is 4.90 Å². The van der Waals surface area contributed by atoms with Crippen LogP contribution in [-0.4, -0.2) is 23.1 Å². The fourth-order valence-electron chi connectivity index (χ4n) is 3.13. The predicted molar refractivity (Wildman–Crippen MR) is 88.3 cm³/mol. The van der Waals surface area contributed by atoms with Crippen molar-refractivity contribution in [3.05, 3.63) is 58.3 Å². The quantitative estimate of drug-likeness (QED) is 0.899. The lowest BCUT2D eigenvalue weighted by Crippen LogP contribution is -2.33. The van der Waals surface area contributed by atoms with Gasteiger partial charge >= 0.3 is 0 Å². The first-order valence-corrected chi connectivity index (χ1v) is 8.67. The van der Waals surface area contributed by atoms with Crippen molar-refractivity contribution in [2.75, 3.05) is 13.1 Å². The first kappa shape index (κ1) is 14.8. The number of thiophene rings is 1. The Morgan fingerprint density at radius 2 is 1.86 bits per heavy atom. The highest BCUT2D eigenvalue weighted by atomic mass is 32.1. The van der Waals surface area contributed by atoms with Crippen LogP contribution >= 0.6 is 11.3 Å². The molecule has 0 saturated carbocycles. The Hall–Kier alpha value is -1.16. The Balaban J connectivity index is 1.45. The summed E-state index contributed by atoms with van der Waals surface area (Å²) in [6.07, 6.45) is 3.06. The highest BCUT2D eigenvalue weighted by Gasteiger charge is 2.22. The molecule has 0 unspecified atom stereocenters. The number of aliphatic hydroxyl groups is 1. The summed E-state index contributed by atoms with van der Waals surface area (Å²) in [7, 11) is 0. The van der Waals surface area contributed by atoms with Crippen molar-refractivity contribution in [2.45, 2.75) is 31.9 Å². The fourth-order valence-corrected chi connectivity index (χ4v) is 3.86. The molecule has 1 fully saturated rings. The second kappa shape index (κ2) is 7.21. The van der Waals surface area contributed by atoms with Gasteiger partial charge < -0.3 is 5.11 Å². The Bertz CT molecular complexity index is 517. The molecule has 0 amide bonds. The van der Waals surface area contributed by atoms with E-state index in [4.69, 9.17) is 0 Å². The zero-order chi connectivity index (χ0) is 14.5. The summed E-state index contributed by atoms with van der Waals surface area (Å²) in [5, 5.41) is 12.3. The number of piperidine rings is 1. The molecule has 0 radical (unpaired) electrons. The molecule has 1 saturated heterocycles. The molecular weight excluding hydrogens is 278 g/mol. The van der Waals surface area contributed by atoms with Crippen molar-refractivity contribution in [3.63, 3.8) is 0 Å². The van der Waals surface area contributed by atoms with Crippen molar-refractivity contribution in [3.8, 4) is 0 Å². The van der Waals surface area contributed by atoms with E-state index < -0.39 is 0 Å². The predicted octanol–water partition coefficient (Wildman–Crippen LogP) is 4.08. The highest BCUT2D eigenvalue weighted by Crippen LogP contribution is 2.30. The largest absolute Gasteiger partial charge is 0.388 e. The topological polar surface area (TPSA) is 23.5 Å². The highest BCUT2D eigenvalue weighted by molar-refractivity contribution is 7.10. The van der Waals surface area contributed by atoms with Crippen LogP contribution in [0, 0.1) is 5.92 Å². The third kappa shape index (κ3) is 4.16. The summed E-state index contributed by atoms with van der Waals surface area (Å²) in [4.78, 5) is 3.64. The van der Waals surface area contributed by atoms with Crippen molar-refractivity contribution < 1.29 is 5.11 Å². The molecule has 1 aliphatic heterocycles. The van der Waals surface area contributed by atoms with Crippen LogP contribution < -0.4 is 0 Å². The van der Waals surface area contributed by atoms with Crippen LogP contribution in [0.1, 0.15) is 35.8 Å². The van der Waals surface area contributed by atoms with Crippen LogP contribution in [0.2, 0.25) is 0 Å². The molecule has 1 aromatic carbocycles. The van der Waals surface area contributed by atoms with Crippen LogP contribution in [-0.2, 0) is 6.54 Å². The van der Waals surface area contributed by atoms with Gasteiger partial charge in [0.2, 0.25) is 0 Å². The van der Waals surface area contributed by atoms with Gasteiger partial charge in [-0.1, -0.05) is 36.4 Å². The Kier molecular flexibility index (Phi) is 5.07. The molecule has 2 aromatic rings. The summed E-state index contributed by atoms with van der Waals surface area (Å²) < 4.78 is 0. The molecule has 0 bridgehead atoms. The van der Waals surface area contributed by atoms with Crippen molar-refractivity contribution in [2.24, 2.45) is 5.92 Å². The molecule has 1 atom stereocenters. The van der Waals surface area contributed by atoms with E-state index in [0.717, 1.165) is 30.9 Å². The van der Waals surface area contributed by atoms with E-state index in [9.17, 15) is 5.11 Å². The van der Waals surface area contributed by atoms with Crippen molar-refractivity contribution >= 4 is 11.3 Å². The zero-order valence-electron chi connectivity index (χ0n) is 12.3. The molecule has 0 spiro atoms. The first-order valence-electron chi connectivity index (χ1n) is 7.79. The minimum atomic E-state index is -0.268. The maximum absolute atomic E-state index is 10.3. The Morgan fingerprint density at radius 3 is 2.52 bits per heavy atom. The first-order chi connectivity index (χ1) is 10.3. The number of benzene rings is 1. The SMILES string of the molecule is O[C@@H](CC1CCN(Cc2ccccc2)CC1)c1cccs1. The minimum Gasteiger partial charge on any atom is -0.388 e. The lowest BCUT2D eigenvalue weighted by atomic mass is 9.90. The monoisotopic (exact) mass is 301 g/mol. The third-order valence-corrected chi connectivity index (χ3v) is 5.36. The number of rotatable bonds is 5. The molecule has 0 aliphatic carbocycles. The molecule has 2 heterocycles. The second-order valence-electron chi connectivity index (χ2n) is 5.97. The van der Waals surface area contributed by atoms with E-state index in [-0.39, 0.29) is 6.10 Å². The van der Waals surface area contributed by atoms with E-state index in [1.807, 2.05) is 17.5 Å². The lowest BCUT2D eigenvalue weighted by molar-refractivity contribution is 0.108. The average Bonchev–Trinajstić information content (AvgIpc) is 3.05. The van der Waals surface area contributed by atoms with E-state index in [1.165, 1.54) is 18.4 Å². The maximum Gasteiger partial charge on any atom is 0.0884 e. The normalized spacial score (nSPS) is 18.7. The van der Waals surface area contributed by atoms with E-state index >= 15 is 0 Å². The van der Waals surface area contributed by atoms with Gasteiger partial charge in [0.05, 0.1) is 6.10 Å². The third-order valence-electron chi connectivity index (χ3n) is 4.38. The number of aliphatic hydroxyl groups excluding tert-OH is 1. The Morgan fingerprint density at radius 1 is 1.10 bits per heavy atom. The van der Waals surface area contributed by atoms with Gasteiger partial charge in [0, 0.05) is 11.4 Å². The summed E-state index contributed by atoms with van der Waals surface area (Å²) in [5.74, 6) is 0.661. The van der Waals surface area contributed by atoms with Crippen LogP contribution in [0.5, 0.6) is 0 Å². The Labute approximate surface area is 131 Å². The molecule has 112 valence electrons. The fraction of sp³-hybridized carbons (Fsp3) is 0.444. The summed E-state index contributed by atoms with van der Waals surface area (Å²) >= 11 is 1.66. The van der Waals surface area contributed by atoms with Gasteiger partial charge in [0.25, 0.3) is 0 Å². The molecular formula is C18H23NOS. The van der Waals surface area contributed by atoms with Gasteiger partial charge in [-0.2, -0.15) is 0 Å². The summed E-state index contributed by atoms with van der Waals surface area (Å²) in [5.41, 5.74) is 1.40. The van der Waals surface area contributed by atoms with E-state index in [0.29, 0.717) is 5.92 Å². The van der Waals surface area contributed by atoms with Gasteiger partial charge in [-0.3, -0.25) is 4.90 Å². The average molecular weight is 301 g/mol. The van der Waals surface area contributed by atoms with E-state index in [2.05, 4.69) is 35.2 Å². The number of likely N-dealkylation sites (tertiary alicyclic amines) is 1. The second-order valence-corrected chi connectivity index (χ2v) is 6.95. The van der Waals surface area contributed by atoms with Gasteiger partial charge in [-0.25, -0.2) is 0 Å². The summed E-state index contributed by atoms with van der Waals surface area (Å²) in [6, 6.07) is 14.8. The number of hydrogen-bond acceptors (Lipinski definition) is 3. The smallest absolute Gasteiger partial charge is 0.0884 e. The van der Waals surface area contributed by atoms with Crippen LogP contribution in [0.3, 0.4) is 0 Å². The van der Waals surface area contributed by atoms with E-state index in [1.54, 1.807) is 11.3 Å². The lowest BCUT2D eigenvalue weighted by Gasteiger charge is -2.32. The van der Waals surface area contributed by atoms with Gasteiger partial charge in [0.1, 0.15) is 0 Å². The zero-order valence-corrected chi connectivity index (χ0v) is 13.1. The molecule has 3 heteroatoms. The standard InChI is InChI=1S/C18H23NOS/c20-17(18-7-4-12-21-18)13-15-8-10-19(11-9-15)14-16-5-2-1-3-6-16/h1-7,12,15,17,20H,8-11,13-14H2/t17-/m0/s1. The molecule has 2 nitrogen and oxygen atoms in total. The van der Waals surface area contributed by atoms with Crippen LogP contribution in [0.4, 0.5) is 0 Å². The molecule has 1 aromatic heterocycles. The number of hydrogen-bond donors (Lipinski definition) is 1. The summed E-state index contributed by atoms with van der Waals surface area (Å²) in [6.45, 7) is 3.36. The van der Waals surface area contributed by atoms with Crippen molar-refractivity contribution in [1.29, 1.82) is 0 Å². The minimum absolute atomic E-state index is 0.268. The van der Waals surface area contributed by atoms with Crippen LogP contribution in [0.15, 0.2) is 47.8 Å². The molecule has 1 aliphatic rings. The molecule has 1 N–H and O–H groups in total. The maximum atomic E-state index is 10.3. The van der Waals surface area contributed by atoms with Crippen LogP contribution in [0.25, 0.3) is 0 Å².